The zero-order valence-electron chi connectivity index (χ0n) is 19.1. The van der Waals surface area contributed by atoms with Gasteiger partial charge in [0.1, 0.15) is 12.2 Å². The highest BCUT2D eigenvalue weighted by molar-refractivity contribution is 6.03. The fraction of sp³-hybridized carbons (Fsp3) is 0.583. The van der Waals surface area contributed by atoms with E-state index in [0.29, 0.717) is 38.1 Å². The van der Waals surface area contributed by atoms with Crippen molar-refractivity contribution in [1.82, 2.24) is 4.98 Å². The fourth-order valence-electron chi connectivity index (χ4n) is 5.65. The molecule has 1 N–H and O–H groups in total. The molecule has 2 saturated carbocycles. The van der Waals surface area contributed by atoms with Crippen molar-refractivity contribution in [3.8, 4) is 5.75 Å². The molecule has 1 amide bonds. The summed E-state index contributed by atoms with van der Waals surface area (Å²) in [5.41, 5.74) is -0.853. The summed E-state index contributed by atoms with van der Waals surface area (Å²) in [7, 11) is 0. The number of aromatic nitrogens is 1. The van der Waals surface area contributed by atoms with Gasteiger partial charge in [-0.2, -0.15) is 18.2 Å². The van der Waals surface area contributed by atoms with Crippen LogP contribution < -0.4 is 15.0 Å². The van der Waals surface area contributed by atoms with Gasteiger partial charge in [-0.05, 0) is 31.1 Å². The van der Waals surface area contributed by atoms with Crippen LogP contribution in [0.4, 0.5) is 33.7 Å². The highest BCUT2D eigenvalue weighted by atomic mass is 19.4. The number of hydrogen-bond donors (Lipinski definition) is 1. The number of ether oxygens (including phenoxy) is 2. The van der Waals surface area contributed by atoms with Crippen LogP contribution in [0.2, 0.25) is 0 Å². The Hall–Kier alpha value is -2.89. The van der Waals surface area contributed by atoms with E-state index in [1.165, 1.54) is 0 Å². The Morgan fingerprint density at radius 3 is 2.31 bits per heavy atom. The van der Waals surface area contributed by atoms with E-state index >= 15 is 0 Å². The zero-order chi connectivity index (χ0) is 25.2. The molecule has 194 valence electrons. The molecule has 0 spiro atoms. The van der Waals surface area contributed by atoms with Crippen molar-refractivity contribution in [3.05, 3.63) is 35.2 Å². The van der Waals surface area contributed by atoms with Crippen LogP contribution in [0.25, 0.3) is 0 Å². The van der Waals surface area contributed by atoms with Crippen LogP contribution in [0.3, 0.4) is 0 Å². The molecule has 4 aliphatic rings. The Bertz CT molecular complexity index is 1140. The Labute approximate surface area is 202 Å². The van der Waals surface area contributed by atoms with Gasteiger partial charge < -0.3 is 24.1 Å². The summed E-state index contributed by atoms with van der Waals surface area (Å²) in [5, 5.41) is 2.24. The Kier molecular flexibility index (Phi) is 5.62. The van der Waals surface area contributed by atoms with E-state index in [2.05, 4.69) is 10.3 Å². The van der Waals surface area contributed by atoms with E-state index in [-0.39, 0.29) is 29.6 Å². The van der Waals surface area contributed by atoms with Crippen molar-refractivity contribution in [1.29, 1.82) is 0 Å². The van der Waals surface area contributed by atoms with Crippen molar-refractivity contribution in [2.75, 3.05) is 36.5 Å². The van der Waals surface area contributed by atoms with E-state index in [9.17, 15) is 26.7 Å². The summed E-state index contributed by atoms with van der Waals surface area (Å²) in [6, 6.07) is 1.65. The normalized spacial score (nSPS) is 28.8. The second-order valence-electron chi connectivity index (χ2n) is 10.2. The van der Waals surface area contributed by atoms with Gasteiger partial charge in [-0.25, -0.2) is 8.78 Å². The fourth-order valence-corrected chi connectivity index (χ4v) is 5.65. The van der Waals surface area contributed by atoms with Crippen molar-refractivity contribution in [2.24, 2.45) is 23.7 Å². The maximum absolute atomic E-state index is 14.6. The van der Waals surface area contributed by atoms with Crippen molar-refractivity contribution >= 4 is 17.6 Å². The van der Waals surface area contributed by atoms with Crippen LogP contribution in [-0.4, -0.2) is 49.5 Å². The van der Waals surface area contributed by atoms with Crippen LogP contribution in [0, 0.1) is 35.3 Å². The number of fused-ring (bicyclic) bond motifs is 2. The van der Waals surface area contributed by atoms with Crippen LogP contribution in [0.1, 0.15) is 35.5 Å². The van der Waals surface area contributed by atoms with Gasteiger partial charge in [0.05, 0.1) is 19.3 Å². The average Bonchev–Trinajstić information content (AvgIpc) is 3.22. The molecule has 0 bridgehead atoms. The van der Waals surface area contributed by atoms with E-state index in [1.807, 2.05) is 0 Å². The molecule has 1 aromatic heterocycles. The number of nitrogens with zero attached hydrogens (tertiary/aromatic N) is 2. The van der Waals surface area contributed by atoms with Crippen molar-refractivity contribution in [2.45, 2.75) is 38.0 Å². The monoisotopic (exact) mass is 513 g/mol. The number of rotatable bonds is 6. The van der Waals surface area contributed by atoms with Crippen molar-refractivity contribution in [3.63, 3.8) is 0 Å². The lowest BCUT2D eigenvalue weighted by Gasteiger charge is -2.17. The molecular weight excluding hydrogens is 489 g/mol. The molecular formula is C24H24F5N3O4. The van der Waals surface area contributed by atoms with Crippen LogP contribution >= 0.6 is 0 Å². The highest BCUT2D eigenvalue weighted by Gasteiger charge is 2.47. The van der Waals surface area contributed by atoms with Crippen LogP contribution in [0.15, 0.2) is 16.5 Å². The number of benzene rings is 1. The SMILES string of the molecule is O=C(Nc1cc(F)c(OC2CC3C[C@@H]3C2)c(F)c1)c1nc(N2CC3COCC3C2)oc1CC(F)(F)F. The number of alkyl halides is 3. The molecule has 2 aromatic rings. The van der Waals surface area contributed by atoms with E-state index < -0.39 is 47.3 Å². The lowest BCUT2D eigenvalue weighted by Crippen LogP contribution is -2.22. The van der Waals surface area contributed by atoms with Gasteiger partial charge in [0.2, 0.25) is 0 Å². The summed E-state index contributed by atoms with van der Waals surface area (Å²) >= 11 is 0. The Balaban J connectivity index is 1.20. The number of carbonyl (C=O) groups is 1. The van der Waals surface area contributed by atoms with Crippen molar-refractivity contribution < 1.29 is 40.6 Å². The smallest absolute Gasteiger partial charge is 0.396 e. The predicted octanol–water partition coefficient (Wildman–Crippen LogP) is 4.57. The molecule has 0 radical (unpaired) electrons. The molecule has 2 aliphatic heterocycles. The van der Waals surface area contributed by atoms with E-state index in [1.54, 1.807) is 4.90 Å². The zero-order valence-corrected chi connectivity index (χ0v) is 19.1. The maximum atomic E-state index is 14.6. The van der Waals surface area contributed by atoms with Crippen LogP contribution in [-0.2, 0) is 11.2 Å². The molecule has 12 heteroatoms. The maximum Gasteiger partial charge on any atom is 0.396 e. The lowest BCUT2D eigenvalue weighted by molar-refractivity contribution is -0.130. The summed E-state index contributed by atoms with van der Waals surface area (Å²) in [5.74, 6) is -2.72. The molecule has 5 atom stereocenters. The molecule has 6 rings (SSSR count). The standard InChI is InChI=1S/C24H24F5N3O4/c25-17-4-15(5-18(26)21(17)35-16-2-11-1-12(11)3-16)30-22(33)20-19(6-24(27,28)29)36-23(31-20)32-7-13-9-34-10-14(13)8-32/h4-5,11-14,16H,1-3,6-10H2,(H,30,33)/t11-,12?,13?,14?,16?/m1/s1. The van der Waals surface area contributed by atoms with Gasteiger partial charge in [-0.1, -0.05) is 0 Å². The summed E-state index contributed by atoms with van der Waals surface area (Å²) < 4.78 is 85.1. The third-order valence-corrected chi connectivity index (χ3v) is 7.51. The van der Waals surface area contributed by atoms with Gasteiger partial charge >= 0.3 is 6.18 Å². The molecule has 1 aromatic carbocycles. The molecule has 4 fully saturated rings. The summed E-state index contributed by atoms with van der Waals surface area (Å²) in [6.45, 7) is 2.06. The minimum absolute atomic E-state index is 0.0930. The molecule has 36 heavy (non-hydrogen) atoms. The topological polar surface area (TPSA) is 76.8 Å². The molecule has 4 unspecified atom stereocenters. The quantitative estimate of drug-likeness (QED) is 0.571. The molecule has 2 aliphatic carbocycles. The largest absolute Gasteiger partial charge is 0.484 e. The third kappa shape index (κ3) is 4.62. The first-order chi connectivity index (χ1) is 17.1. The number of amides is 1. The van der Waals surface area contributed by atoms with E-state index in [0.717, 1.165) is 31.4 Å². The number of anilines is 2. The predicted molar refractivity (Wildman–Crippen MR) is 116 cm³/mol. The van der Waals surface area contributed by atoms with E-state index in [4.69, 9.17) is 13.9 Å². The van der Waals surface area contributed by atoms with Gasteiger partial charge in [0.15, 0.2) is 23.1 Å². The number of hydrogen-bond acceptors (Lipinski definition) is 6. The highest BCUT2D eigenvalue weighted by Crippen LogP contribution is 2.52. The molecule has 3 heterocycles. The first-order valence-electron chi connectivity index (χ1n) is 12.0. The van der Waals surface area contributed by atoms with Crippen LogP contribution in [0.5, 0.6) is 5.75 Å². The second-order valence-corrected chi connectivity index (χ2v) is 10.2. The first-order valence-corrected chi connectivity index (χ1v) is 12.0. The van der Waals surface area contributed by atoms with Gasteiger partial charge in [0.25, 0.3) is 11.9 Å². The number of nitrogens with one attached hydrogen (secondary N) is 1. The van der Waals surface area contributed by atoms with Gasteiger partial charge in [-0.15, -0.1) is 0 Å². The number of carbonyl (C=O) groups excluding carboxylic acids is 1. The number of oxazole rings is 1. The minimum atomic E-state index is -4.65. The average molecular weight is 513 g/mol. The Morgan fingerprint density at radius 1 is 1.06 bits per heavy atom. The summed E-state index contributed by atoms with van der Waals surface area (Å²) in [6.07, 6.45) is -3.78. The third-order valence-electron chi connectivity index (χ3n) is 7.51. The van der Waals surface area contributed by atoms with Gasteiger partial charge in [-0.3, -0.25) is 4.79 Å². The number of halogens is 5. The first kappa shape index (κ1) is 23.5. The van der Waals surface area contributed by atoms with Gasteiger partial charge in [0, 0.05) is 42.7 Å². The minimum Gasteiger partial charge on any atom is -0.484 e. The second kappa shape index (κ2) is 8.60. The Morgan fingerprint density at radius 2 is 1.69 bits per heavy atom. The molecule has 2 saturated heterocycles. The summed E-state index contributed by atoms with van der Waals surface area (Å²) in [4.78, 5) is 18.6. The lowest BCUT2D eigenvalue weighted by atomic mass is 10.0. The molecule has 7 nitrogen and oxygen atoms in total.